The average molecular weight is 411 g/mol. The number of hydrogen-bond donors (Lipinski definition) is 4. The highest BCUT2D eigenvalue weighted by Crippen LogP contribution is 2.25. The molecule has 9 nitrogen and oxygen atoms in total. The maximum Gasteiger partial charge on any atom is 0.305 e. The number of benzene rings is 1. The molecule has 1 aliphatic heterocycles. The fourth-order valence-electron chi connectivity index (χ4n) is 3.30. The first kappa shape index (κ1) is 21.1. The van der Waals surface area contributed by atoms with Crippen LogP contribution in [-0.4, -0.2) is 52.4 Å². The number of carbonyl (C=O) groups is 3. The molecular weight excluding hydrogens is 386 g/mol. The highest BCUT2D eigenvalue weighted by atomic mass is 16.4. The van der Waals surface area contributed by atoms with Gasteiger partial charge in [0.15, 0.2) is 0 Å². The molecule has 0 fully saturated rings. The molecule has 0 radical (unpaired) electrons. The maximum atomic E-state index is 12.6. The summed E-state index contributed by atoms with van der Waals surface area (Å²) in [6, 6.07) is 9.80. The molecule has 0 saturated carbocycles. The first-order chi connectivity index (χ1) is 14.4. The fourth-order valence-corrected chi connectivity index (χ4v) is 3.30. The van der Waals surface area contributed by atoms with E-state index in [4.69, 9.17) is 5.11 Å². The van der Waals surface area contributed by atoms with Crippen molar-refractivity contribution in [3.8, 4) is 0 Å². The third-order valence-corrected chi connectivity index (χ3v) is 4.75. The minimum atomic E-state index is -1.06. The monoisotopic (exact) mass is 411 g/mol. The van der Waals surface area contributed by atoms with E-state index in [1.807, 2.05) is 25.1 Å². The van der Waals surface area contributed by atoms with Crippen LogP contribution >= 0.6 is 0 Å². The van der Waals surface area contributed by atoms with Crippen molar-refractivity contribution in [3.05, 3.63) is 53.2 Å². The molecule has 158 valence electrons. The lowest BCUT2D eigenvalue weighted by Crippen LogP contribution is -2.39. The summed E-state index contributed by atoms with van der Waals surface area (Å²) in [6.07, 6.45) is -0.316. The maximum absolute atomic E-state index is 12.6. The van der Waals surface area contributed by atoms with Gasteiger partial charge in [-0.3, -0.25) is 14.4 Å². The van der Waals surface area contributed by atoms with E-state index in [0.29, 0.717) is 11.3 Å². The molecule has 1 aromatic heterocycles. The van der Waals surface area contributed by atoms with E-state index in [9.17, 15) is 14.4 Å². The van der Waals surface area contributed by atoms with E-state index >= 15 is 0 Å². The summed E-state index contributed by atoms with van der Waals surface area (Å²) in [4.78, 5) is 42.0. The Balaban J connectivity index is 1.72. The van der Waals surface area contributed by atoms with E-state index in [1.165, 1.54) is 4.90 Å². The number of pyridine rings is 1. The van der Waals surface area contributed by atoms with Crippen molar-refractivity contribution in [2.75, 3.05) is 24.2 Å². The van der Waals surface area contributed by atoms with Crippen LogP contribution < -0.4 is 16.0 Å². The number of aliphatic carboxylic acids is 1. The quantitative estimate of drug-likeness (QED) is 0.546. The smallest absolute Gasteiger partial charge is 0.305 e. The van der Waals surface area contributed by atoms with E-state index in [2.05, 4.69) is 20.9 Å². The number of aromatic nitrogens is 1. The second-order valence-corrected chi connectivity index (χ2v) is 7.09. The lowest BCUT2D eigenvalue weighted by Gasteiger charge is -2.19. The SMILES string of the molecule is CCNc1cccc(CNC(=O)c2ccc3c(c2)CN(C)C(=O)[C@H](CC(=O)O)N3)n1. The van der Waals surface area contributed by atoms with Gasteiger partial charge >= 0.3 is 5.97 Å². The van der Waals surface area contributed by atoms with Gasteiger partial charge in [-0.2, -0.15) is 0 Å². The molecule has 3 rings (SSSR count). The predicted octanol–water partition coefficient (Wildman–Crippen LogP) is 1.67. The van der Waals surface area contributed by atoms with Gasteiger partial charge < -0.3 is 26.0 Å². The van der Waals surface area contributed by atoms with E-state index in [1.54, 1.807) is 25.2 Å². The second-order valence-electron chi connectivity index (χ2n) is 7.09. The Morgan fingerprint density at radius 1 is 1.30 bits per heavy atom. The molecule has 9 heteroatoms. The Morgan fingerprint density at radius 3 is 2.83 bits per heavy atom. The topological polar surface area (TPSA) is 124 Å². The van der Waals surface area contributed by atoms with Gasteiger partial charge in [-0.25, -0.2) is 4.98 Å². The van der Waals surface area contributed by atoms with Crippen molar-refractivity contribution >= 4 is 29.3 Å². The molecule has 1 aromatic carbocycles. The highest BCUT2D eigenvalue weighted by molar-refractivity contribution is 5.95. The summed E-state index contributed by atoms with van der Waals surface area (Å²) < 4.78 is 0. The molecule has 0 aliphatic carbocycles. The number of rotatable bonds is 7. The molecule has 2 aromatic rings. The largest absolute Gasteiger partial charge is 0.481 e. The molecule has 2 amide bonds. The summed E-state index contributed by atoms with van der Waals surface area (Å²) >= 11 is 0. The van der Waals surface area contributed by atoms with Crippen LogP contribution in [0.5, 0.6) is 0 Å². The third kappa shape index (κ3) is 5.05. The summed E-state index contributed by atoms with van der Waals surface area (Å²) in [5.41, 5.74) is 2.59. The van der Waals surface area contributed by atoms with Crippen molar-refractivity contribution in [2.24, 2.45) is 0 Å². The standard InChI is InChI=1S/C21H25N5O4/c1-3-22-18-6-4-5-15(24-18)11-23-20(29)13-7-8-16-14(9-13)12-26(2)21(30)17(25-16)10-19(27)28/h4-9,17,25H,3,10-12H2,1-2H3,(H,22,24)(H,23,29)(H,27,28)/t17-/m0/s1. The Hall–Kier alpha value is -3.62. The van der Waals surface area contributed by atoms with Gasteiger partial charge in [-0.15, -0.1) is 0 Å². The molecule has 0 bridgehead atoms. The lowest BCUT2D eigenvalue weighted by atomic mass is 10.1. The van der Waals surface area contributed by atoms with Gasteiger partial charge in [-0.1, -0.05) is 6.07 Å². The number of nitrogens with one attached hydrogen (secondary N) is 3. The zero-order chi connectivity index (χ0) is 21.7. The molecule has 30 heavy (non-hydrogen) atoms. The molecule has 0 saturated heterocycles. The number of carbonyl (C=O) groups excluding carboxylic acids is 2. The lowest BCUT2D eigenvalue weighted by molar-refractivity contribution is -0.141. The zero-order valence-corrected chi connectivity index (χ0v) is 16.9. The van der Waals surface area contributed by atoms with Crippen molar-refractivity contribution in [1.82, 2.24) is 15.2 Å². The van der Waals surface area contributed by atoms with Gasteiger partial charge in [0.1, 0.15) is 11.9 Å². The summed E-state index contributed by atoms with van der Waals surface area (Å²) in [6.45, 7) is 3.31. The summed E-state index contributed by atoms with van der Waals surface area (Å²) in [5, 5.41) is 18.0. The van der Waals surface area contributed by atoms with Crippen molar-refractivity contribution in [2.45, 2.75) is 32.5 Å². The number of nitrogens with zero attached hydrogens (tertiary/aromatic N) is 2. The number of carboxylic acids is 1. The van der Waals surface area contributed by atoms with Crippen molar-refractivity contribution in [3.63, 3.8) is 0 Å². The molecule has 2 heterocycles. The normalized spacial score (nSPS) is 15.6. The summed E-state index contributed by atoms with van der Waals surface area (Å²) in [7, 11) is 1.61. The van der Waals surface area contributed by atoms with Gasteiger partial charge in [0.05, 0.1) is 18.7 Å². The molecule has 1 atom stereocenters. The van der Waals surface area contributed by atoms with Crippen LogP contribution in [0.3, 0.4) is 0 Å². The molecule has 4 N–H and O–H groups in total. The van der Waals surface area contributed by atoms with Crippen LogP contribution in [0.15, 0.2) is 36.4 Å². The molecule has 0 unspecified atom stereocenters. The van der Waals surface area contributed by atoms with Gasteiger partial charge in [0.2, 0.25) is 5.91 Å². The fraction of sp³-hybridized carbons (Fsp3) is 0.333. The van der Waals surface area contributed by atoms with E-state index < -0.39 is 12.0 Å². The van der Waals surface area contributed by atoms with E-state index in [0.717, 1.165) is 23.6 Å². The average Bonchev–Trinajstić information content (AvgIpc) is 2.82. The number of fused-ring (bicyclic) bond motifs is 1. The number of likely N-dealkylation sites (N-methyl/N-ethyl adjacent to an activating group) is 1. The van der Waals surface area contributed by atoms with Gasteiger partial charge in [-0.05, 0) is 42.8 Å². The van der Waals surface area contributed by atoms with Gasteiger partial charge in [0.25, 0.3) is 5.91 Å². The Kier molecular flexibility index (Phi) is 6.51. The van der Waals surface area contributed by atoms with Crippen molar-refractivity contribution < 1.29 is 19.5 Å². The van der Waals surface area contributed by atoms with Crippen LogP contribution in [0.25, 0.3) is 0 Å². The first-order valence-electron chi connectivity index (χ1n) is 9.71. The molecule has 1 aliphatic rings. The van der Waals surface area contributed by atoms with Gasteiger partial charge in [0, 0.05) is 31.4 Å². The number of amides is 2. The Labute approximate surface area is 174 Å². The first-order valence-corrected chi connectivity index (χ1v) is 9.71. The Morgan fingerprint density at radius 2 is 2.10 bits per heavy atom. The number of anilines is 2. The molecule has 0 spiro atoms. The van der Waals surface area contributed by atoms with E-state index in [-0.39, 0.29) is 31.3 Å². The second kappa shape index (κ2) is 9.25. The van der Waals surface area contributed by atoms with Crippen molar-refractivity contribution in [1.29, 1.82) is 0 Å². The van der Waals surface area contributed by atoms with Crippen LogP contribution in [0, 0.1) is 0 Å². The number of hydrogen-bond acceptors (Lipinski definition) is 6. The minimum absolute atomic E-state index is 0.256. The summed E-state index contributed by atoms with van der Waals surface area (Å²) in [5.74, 6) is -0.857. The van der Waals surface area contributed by atoms with Crippen LogP contribution in [-0.2, 0) is 22.7 Å². The third-order valence-electron chi connectivity index (χ3n) is 4.75. The molecular formula is C21H25N5O4. The van der Waals surface area contributed by atoms with Crippen LogP contribution in [0.2, 0.25) is 0 Å². The minimum Gasteiger partial charge on any atom is -0.481 e. The number of carboxylic acid groups (broad SMARTS) is 1. The Bertz CT molecular complexity index is 962. The van der Waals surface area contributed by atoms with Crippen LogP contribution in [0.1, 0.15) is 35.0 Å². The highest BCUT2D eigenvalue weighted by Gasteiger charge is 2.29. The zero-order valence-electron chi connectivity index (χ0n) is 16.9. The predicted molar refractivity (Wildman–Crippen MR) is 112 cm³/mol. The van der Waals surface area contributed by atoms with Crippen LogP contribution in [0.4, 0.5) is 11.5 Å².